The lowest BCUT2D eigenvalue weighted by atomic mass is 10.2. The molecule has 2 amide bonds. The molecule has 0 aliphatic heterocycles. The second kappa shape index (κ2) is 11.0. The predicted octanol–water partition coefficient (Wildman–Crippen LogP) is 2.50. The SMILES string of the molecule is N=c1n(CC(=O)N/N=C/c2ccc(F)cc2)c2ccccc2n1CC(=O)N/N=C/c1ccc(F)cc1. The van der Waals surface area contributed by atoms with Crippen molar-refractivity contribution in [3.63, 3.8) is 0 Å². The summed E-state index contributed by atoms with van der Waals surface area (Å²) in [6, 6.07) is 18.2. The second-order valence-corrected chi connectivity index (χ2v) is 7.67. The smallest absolute Gasteiger partial charge is 0.260 e. The zero-order valence-corrected chi connectivity index (χ0v) is 18.9. The molecule has 11 heteroatoms. The van der Waals surface area contributed by atoms with Gasteiger partial charge in [-0.05, 0) is 47.5 Å². The van der Waals surface area contributed by atoms with E-state index in [2.05, 4.69) is 21.1 Å². The average Bonchev–Trinajstić information content (AvgIpc) is 3.12. The van der Waals surface area contributed by atoms with Gasteiger partial charge in [-0.1, -0.05) is 36.4 Å². The van der Waals surface area contributed by atoms with Crippen molar-refractivity contribution in [2.24, 2.45) is 10.2 Å². The monoisotopic (exact) mass is 489 g/mol. The van der Waals surface area contributed by atoms with Crippen molar-refractivity contribution in [2.45, 2.75) is 13.1 Å². The zero-order chi connectivity index (χ0) is 25.5. The third-order valence-electron chi connectivity index (χ3n) is 5.12. The summed E-state index contributed by atoms with van der Waals surface area (Å²) in [7, 11) is 0. The molecule has 9 nitrogen and oxygen atoms in total. The fourth-order valence-corrected chi connectivity index (χ4v) is 3.43. The van der Waals surface area contributed by atoms with Gasteiger partial charge in [0.1, 0.15) is 24.7 Å². The maximum Gasteiger partial charge on any atom is 0.260 e. The van der Waals surface area contributed by atoms with Crippen molar-refractivity contribution in [1.82, 2.24) is 20.0 Å². The maximum absolute atomic E-state index is 13.0. The molecule has 4 aromatic rings. The Labute approximate surface area is 203 Å². The van der Waals surface area contributed by atoms with Gasteiger partial charge in [0.25, 0.3) is 11.8 Å². The number of hydrogen-bond acceptors (Lipinski definition) is 5. The molecular formula is C25H21F2N7O2. The molecule has 0 fully saturated rings. The number of hydrazone groups is 2. The molecule has 182 valence electrons. The molecule has 0 aliphatic carbocycles. The Hall–Kier alpha value is -4.93. The highest BCUT2D eigenvalue weighted by molar-refractivity contribution is 5.85. The molecule has 0 saturated carbocycles. The maximum atomic E-state index is 13.0. The van der Waals surface area contributed by atoms with Crippen LogP contribution in [-0.2, 0) is 22.7 Å². The van der Waals surface area contributed by atoms with Gasteiger partial charge >= 0.3 is 0 Å². The summed E-state index contributed by atoms with van der Waals surface area (Å²) in [5.74, 6) is -1.72. The minimum Gasteiger partial charge on any atom is -0.301 e. The number of aromatic nitrogens is 2. The summed E-state index contributed by atoms with van der Waals surface area (Å²) in [5, 5.41) is 16.3. The molecule has 0 saturated heterocycles. The Bertz CT molecular complexity index is 1390. The molecule has 1 aromatic heterocycles. The minimum atomic E-state index is -0.483. The molecule has 0 atom stereocenters. The molecule has 0 aliphatic rings. The number of hydrogen-bond donors (Lipinski definition) is 3. The number of carbonyl (C=O) groups is 2. The Morgan fingerprint density at radius 2 is 1.11 bits per heavy atom. The van der Waals surface area contributed by atoms with E-state index >= 15 is 0 Å². The number of para-hydroxylation sites is 2. The first-order chi connectivity index (χ1) is 17.4. The average molecular weight is 489 g/mol. The van der Waals surface area contributed by atoms with Crippen LogP contribution in [0.4, 0.5) is 8.78 Å². The van der Waals surface area contributed by atoms with E-state index in [-0.39, 0.29) is 30.3 Å². The summed E-state index contributed by atoms with van der Waals surface area (Å²) >= 11 is 0. The van der Waals surface area contributed by atoms with E-state index in [1.165, 1.54) is 70.1 Å². The quantitative estimate of drug-likeness (QED) is 0.261. The van der Waals surface area contributed by atoms with Crippen LogP contribution in [0.5, 0.6) is 0 Å². The van der Waals surface area contributed by atoms with E-state index in [9.17, 15) is 18.4 Å². The number of rotatable bonds is 8. The number of fused-ring (bicyclic) bond motifs is 1. The van der Waals surface area contributed by atoms with Crippen LogP contribution < -0.4 is 16.5 Å². The van der Waals surface area contributed by atoms with Crippen molar-refractivity contribution >= 4 is 35.3 Å². The Morgan fingerprint density at radius 1 is 0.722 bits per heavy atom. The highest BCUT2D eigenvalue weighted by Crippen LogP contribution is 2.12. The lowest BCUT2D eigenvalue weighted by Gasteiger charge is -2.04. The molecule has 0 spiro atoms. The van der Waals surface area contributed by atoms with Crippen molar-refractivity contribution in [3.05, 3.63) is 101 Å². The molecule has 0 radical (unpaired) electrons. The number of amides is 2. The molecule has 4 rings (SSSR count). The molecule has 1 heterocycles. The first-order valence-corrected chi connectivity index (χ1v) is 10.8. The van der Waals surface area contributed by atoms with Crippen molar-refractivity contribution in [1.29, 1.82) is 5.41 Å². The van der Waals surface area contributed by atoms with Crippen LogP contribution in [0.1, 0.15) is 11.1 Å². The van der Waals surface area contributed by atoms with Gasteiger partial charge in [-0.25, -0.2) is 19.6 Å². The zero-order valence-electron chi connectivity index (χ0n) is 18.9. The van der Waals surface area contributed by atoms with E-state index in [0.29, 0.717) is 22.2 Å². The summed E-state index contributed by atoms with van der Waals surface area (Å²) in [6.45, 7) is -0.422. The van der Waals surface area contributed by atoms with Gasteiger partial charge in [0, 0.05) is 0 Å². The molecule has 0 unspecified atom stereocenters. The normalized spacial score (nSPS) is 11.4. The first kappa shape index (κ1) is 24.2. The standard InChI is InChI=1S/C25H21F2N7O2/c26-19-9-5-17(6-10-19)13-29-31-23(35)15-33-21-3-1-2-4-22(21)34(25(33)28)16-24(36)32-30-14-18-7-11-20(27)12-8-18/h1-14,28H,15-16H2,(H,31,35)(H,32,36)/b29-13+,30-14+. The van der Waals surface area contributed by atoms with Crippen LogP contribution in [0, 0.1) is 17.0 Å². The van der Waals surface area contributed by atoms with E-state index in [4.69, 9.17) is 5.41 Å². The topological polar surface area (TPSA) is 117 Å². The summed E-state index contributed by atoms with van der Waals surface area (Å²) in [5.41, 5.74) is 7.09. The Balaban J connectivity index is 1.44. The molecule has 0 bridgehead atoms. The molecule has 3 aromatic carbocycles. The number of halogens is 2. The van der Waals surface area contributed by atoms with E-state index < -0.39 is 11.8 Å². The number of nitrogens with one attached hydrogen (secondary N) is 3. The van der Waals surface area contributed by atoms with Gasteiger partial charge in [-0.15, -0.1) is 0 Å². The second-order valence-electron chi connectivity index (χ2n) is 7.67. The molecule has 36 heavy (non-hydrogen) atoms. The third-order valence-corrected chi connectivity index (χ3v) is 5.12. The van der Waals surface area contributed by atoms with E-state index in [0.717, 1.165) is 0 Å². The largest absolute Gasteiger partial charge is 0.301 e. The molecular weight excluding hydrogens is 468 g/mol. The van der Waals surface area contributed by atoms with E-state index in [1.54, 1.807) is 24.3 Å². The number of carbonyl (C=O) groups excluding carboxylic acids is 2. The number of benzene rings is 3. The van der Waals surface area contributed by atoms with Gasteiger partial charge < -0.3 is 9.13 Å². The van der Waals surface area contributed by atoms with Gasteiger partial charge in [-0.3, -0.25) is 15.0 Å². The van der Waals surface area contributed by atoms with Gasteiger partial charge in [0.2, 0.25) is 5.62 Å². The molecule has 3 N–H and O–H groups in total. The number of imidazole rings is 1. The van der Waals surface area contributed by atoms with Gasteiger partial charge in [0.15, 0.2) is 0 Å². The van der Waals surface area contributed by atoms with Gasteiger partial charge in [-0.2, -0.15) is 10.2 Å². The highest BCUT2D eigenvalue weighted by atomic mass is 19.1. The Morgan fingerprint density at radius 3 is 1.50 bits per heavy atom. The number of nitrogens with zero attached hydrogens (tertiary/aromatic N) is 4. The van der Waals surface area contributed by atoms with Crippen molar-refractivity contribution in [3.8, 4) is 0 Å². The fourth-order valence-electron chi connectivity index (χ4n) is 3.43. The first-order valence-electron chi connectivity index (χ1n) is 10.8. The van der Waals surface area contributed by atoms with Crippen LogP contribution in [0.25, 0.3) is 11.0 Å². The predicted molar refractivity (Wildman–Crippen MR) is 130 cm³/mol. The minimum absolute atomic E-state index is 0.0634. The van der Waals surface area contributed by atoms with Crippen LogP contribution in [0.2, 0.25) is 0 Å². The van der Waals surface area contributed by atoms with Crippen LogP contribution in [0.3, 0.4) is 0 Å². The van der Waals surface area contributed by atoms with E-state index in [1.807, 2.05) is 0 Å². The van der Waals surface area contributed by atoms with Crippen molar-refractivity contribution < 1.29 is 18.4 Å². The van der Waals surface area contributed by atoms with Crippen LogP contribution >= 0.6 is 0 Å². The summed E-state index contributed by atoms with van der Waals surface area (Å²) in [4.78, 5) is 24.9. The summed E-state index contributed by atoms with van der Waals surface area (Å²) < 4.78 is 28.9. The van der Waals surface area contributed by atoms with Crippen molar-refractivity contribution in [2.75, 3.05) is 0 Å². The van der Waals surface area contributed by atoms with Crippen LogP contribution in [0.15, 0.2) is 83.0 Å². The lowest BCUT2D eigenvalue weighted by Crippen LogP contribution is -2.34. The third kappa shape index (κ3) is 5.95. The highest BCUT2D eigenvalue weighted by Gasteiger charge is 2.15. The Kier molecular flexibility index (Phi) is 7.39. The fraction of sp³-hybridized carbons (Fsp3) is 0.0800. The summed E-state index contributed by atoms with van der Waals surface area (Å²) in [6.07, 6.45) is 2.76. The van der Waals surface area contributed by atoms with Crippen LogP contribution in [-0.4, -0.2) is 33.4 Å². The van der Waals surface area contributed by atoms with Gasteiger partial charge in [0.05, 0.1) is 23.5 Å². The lowest BCUT2D eigenvalue weighted by molar-refractivity contribution is -0.122.